The molecule has 0 bridgehead atoms. The predicted molar refractivity (Wildman–Crippen MR) is 70.0 cm³/mol. The van der Waals surface area contributed by atoms with Crippen LogP contribution >= 0.6 is 0 Å². The Morgan fingerprint density at radius 2 is 2.06 bits per heavy atom. The molecule has 0 spiro atoms. The van der Waals surface area contributed by atoms with E-state index < -0.39 is 0 Å². The maximum Gasteiger partial charge on any atom is 0.152 e. The average Bonchev–Trinajstić information content (AvgIpc) is 2.34. The lowest BCUT2D eigenvalue weighted by atomic mass is 10.1. The summed E-state index contributed by atoms with van der Waals surface area (Å²) >= 11 is 0. The Morgan fingerprint density at radius 1 is 1.29 bits per heavy atom. The number of rotatable bonds is 3. The quantitative estimate of drug-likeness (QED) is 0.873. The second-order valence-electron chi connectivity index (χ2n) is 4.14. The van der Waals surface area contributed by atoms with Crippen molar-refractivity contribution in [1.82, 2.24) is 4.98 Å². The van der Waals surface area contributed by atoms with Gasteiger partial charge in [-0.2, -0.15) is 0 Å². The zero-order valence-corrected chi connectivity index (χ0v) is 10.5. The van der Waals surface area contributed by atoms with E-state index in [4.69, 9.17) is 0 Å². The molecule has 3 heteroatoms. The van der Waals surface area contributed by atoms with E-state index in [0.29, 0.717) is 11.1 Å². The van der Waals surface area contributed by atoms with Crippen LogP contribution in [0.15, 0.2) is 18.2 Å². The number of hydrogen-bond acceptors (Lipinski definition) is 2. The first-order valence-corrected chi connectivity index (χ1v) is 6.00. The van der Waals surface area contributed by atoms with Crippen molar-refractivity contribution in [2.45, 2.75) is 27.2 Å². The third-order valence-corrected chi connectivity index (χ3v) is 2.90. The summed E-state index contributed by atoms with van der Waals surface area (Å²) in [5.41, 5.74) is 2.99. The molecule has 0 fully saturated rings. The molecule has 0 radical (unpaired) electrons. The molecule has 2 rings (SSSR count). The Hall–Kier alpha value is -1.64. The van der Waals surface area contributed by atoms with Crippen LogP contribution in [0.4, 0.5) is 10.1 Å². The maximum absolute atomic E-state index is 14.0. The molecule has 0 aliphatic rings. The third-order valence-electron chi connectivity index (χ3n) is 2.90. The molecule has 2 aromatic rings. The predicted octanol–water partition coefficient (Wildman–Crippen LogP) is 3.68. The molecule has 90 valence electrons. The summed E-state index contributed by atoms with van der Waals surface area (Å²) in [6.45, 7) is 6.64. The number of aryl methyl sites for hydroxylation is 2. The Kier molecular flexibility index (Phi) is 3.27. The molecule has 2 nitrogen and oxygen atoms in total. The third kappa shape index (κ3) is 2.09. The molecule has 0 atom stereocenters. The van der Waals surface area contributed by atoms with Crippen LogP contribution in [0.5, 0.6) is 0 Å². The standard InChI is InChI=1S/C14H17FN2/c1-4-10-8-12(16-5-2)11-7-6-9(3)13(15)14(11)17-10/h6-8H,4-5H2,1-3H3,(H,16,17). The van der Waals surface area contributed by atoms with Gasteiger partial charge in [-0.05, 0) is 31.9 Å². The number of nitrogens with one attached hydrogen (secondary N) is 1. The van der Waals surface area contributed by atoms with Gasteiger partial charge in [0.15, 0.2) is 5.82 Å². The van der Waals surface area contributed by atoms with Crippen LogP contribution in [-0.2, 0) is 6.42 Å². The van der Waals surface area contributed by atoms with Crippen LogP contribution in [0.2, 0.25) is 0 Å². The SMILES string of the molecule is CCNc1cc(CC)nc2c(F)c(C)ccc12. The van der Waals surface area contributed by atoms with Crippen molar-refractivity contribution in [1.29, 1.82) is 0 Å². The number of nitrogens with zero attached hydrogens (tertiary/aromatic N) is 1. The molecule has 0 saturated heterocycles. The van der Waals surface area contributed by atoms with Gasteiger partial charge in [0.2, 0.25) is 0 Å². The fraction of sp³-hybridized carbons (Fsp3) is 0.357. The van der Waals surface area contributed by atoms with Crippen LogP contribution in [-0.4, -0.2) is 11.5 Å². The summed E-state index contributed by atoms with van der Waals surface area (Å²) < 4.78 is 14.0. The summed E-state index contributed by atoms with van der Waals surface area (Å²) in [6, 6.07) is 5.73. The van der Waals surface area contributed by atoms with E-state index in [1.165, 1.54) is 0 Å². The molecule has 0 unspecified atom stereocenters. The molecule has 1 aromatic heterocycles. The first-order valence-electron chi connectivity index (χ1n) is 6.00. The van der Waals surface area contributed by atoms with E-state index in [1.54, 1.807) is 13.0 Å². The molecule has 1 N–H and O–H groups in total. The minimum Gasteiger partial charge on any atom is -0.385 e. The zero-order valence-electron chi connectivity index (χ0n) is 10.5. The molecule has 17 heavy (non-hydrogen) atoms. The molecule has 0 saturated carbocycles. The number of aromatic nitrogens is 1. The maximum atomic E-state index is 14.0. The molecular weight excluding hydrogens is 215 g/mol. The van der Waals surface area contributed by atoms with E-state index >= 15 is 0 Å². The highest BCUT2D eigenvalue weighted by Gasteiger charge is 2.10. The lowest BCUT2D eigenvalue weighted by Gasteiger charge is -2.11. The van der Waals surface area contributed by atoms with Gasteiger partial charge in [-0.15, -0.1) is 0 Å². The highest BCUT2D eigenvalue weighted by molar-refractivity contribution is 5.92. The number of pyridine rings is 1. The summed E-state index contributed by atoms with van der Waals surface area (Å²) in [4.78, 5) is 4.38. The zero-order chi connectivity index (χ0) is 12.4. The normalized spacial score (nSPS) is 10.8. The Balaban J connectivity index is 2.76. The van der Waals surface area contributed by atoms with Crippen molar-refractivity contribution < 1.29 is 4.39 Å². The molecule has 1 aromatic carbocycles. The number of halogens is 1. The van der Waals surface area contributed by atoms with Crippen LogP contribution < -0.4 is 5.32 Å². The van der Waals surface area contributed by atoms with Gasteiger partial charge in [-0.3, -0.25) is 0 Å². The van der Waals surface area contributed by atoms with Crippen LogP contribution in [0, 0.1) is 12.7 Å². The Labute approximate surface area is 101 Å². The lowest BCUT2D eigenvalue weighted by molar-refractivity contribution is 0.627. The summed E-state index contributed by atoms with van der Waals surface area (Å²) in [6.07, 6.45) is 0.807. The first-order chi connectivity index (χ1) is 8.17. The Morgan fingerprint density at radius 3 is 2.71 bits per heavy atom. The minimum atomic E-state index is -0.211. The van der Waals surface area contributed by atoms with Crippen molar-refractivity contribution in [3.8, 4) is 0 Å². The van der Waals surface area contributed by atoms with E-state index in [9.17, 15) is 4.39 Å². The van der Waals surface area contributed by atoms with Crippen molar-refractivity contribution in [2.24, 2.45) is 0 Å². The summed E-state index contributed by atoms with van der Waals surface area (Å²) in [5.74, 6) is -0.211. The fourth-order valence-electron chi connectivity index (χ4n) is 1.93. The molecular formula is C14H17FN2. The summed E-state index contributed by atoms with van der Waals surface area (Å²) in [7, 11) is 0. The molecule has 0 aliphatic heterocycles. The van der Waals surface area contributed by atoms with E-state index in [-0.39, 0.29) is 5.82 Å². The topological polar surface area (TPSA) is 24.9 Å². The second-order valence-corrected chi connectivity index (χ2v) is 4.14. The number of fused-ring (bicyclic) bond motifs is 1. The van der Waals surface area contributed by atoms with Gasteiger partial charge < -0.3 is 5.32 Å². The van der Waals surface area contributed by atoms with E-state index in [2.05, 4.69) is 10.3 Å². The molecule has 0 aliphatic carbocycles. The highest BCUT2D eigenvalue weighted by atomic mass is 19.1. The largest absolute Gasteiger partial charge is 0.385 e. The van der Waals surface area contributed by atoms with Gasteiger partial charge >= 0.3 is 0 Å². The molecule has 1 heterocycles. The van der Waals surface area contributed by atoms with Crippen molar-refractivity contribution in [2.75, 3.05) is 11.9 Å². The van der Waals surface area contributed by atoms with Crippen LogP contribution in [0.1, 0.15) is 25.1 Å². The number of hydrogen-bond donors (Lipinski definition) is 1. The molecule has 0 amide bonds. The van der Waals surface area contributed by atoms with Gasteiger partial charge in [0.25, 0.3) is 0 Å². The summed E-state index contributed by atoms with van der Waals surface area (Å²) in [5, 5.41) is 4.12. The number of anilines is 1. The van der Waals surface area contributed by atoms with E-state index in [0.717, 1.165) is 29.7 Å². The smallest absolute Gasteiger partial charge is 0.152 e. The van der Waals surface area contributed by atoms with Gasteiger partial charge in [0.1, 0.15) is 5.52 Å². The highest BCUT2D eigenvalue weighted by Crippen LogP contribution is 2.27. The fourth-order valence-corrected chi connectivity index (χ4v) is 1.93. The second kappa shape index (κ2) is 4.70. The van der Waals surface area contributed by atoms with Gasteiger partial charge in [0.05, 0.1) is 0 Å². The van der Waals surface area contributed by atoms with Gasteiger partial charge in [-0.1, -0.05) is 19.1 Å². The van der Waals surface area contributed by atoms with Crippen molar-refractivity contribution >= 4 is 16.6 Å². The van der Waals surface area contributed by atoms with Gasteiger partial charge in [-0.25, -0.2) is 9.37 Å². The van der Waals surface area contributed by atoms with Crippen molar-refractivity contribution in [3.05, 3.63) is 35.3 Å². The van der Waals surface area contributed by atoms with E-state index in [1.807, 2.05) is 26.0 Å². The van der Waals surface area contributed by atoms with Crippen LogP contribution in [0.25, 0.3) is 10.9 Å². The lowest BCUT2D eigenvalue weighted by Crippen LogP contribution is -2.01. The number of benzene rings is 1. The average molecular weight is 232 g/mol. The van der Waals surface area contributed by atoms with Crippen molar-refractivity contribution in [3.63, 3.8) is 0 Å². The monoisotopic (exact) mass is 232 g/mol. The van der Waals surface area contributed by atoms with Gasteiger partial charge in [0, 0.05) is 23.3 Å². The van der Waals surface area contributed by atoms with Crippen LogP contribution in [0.3, 0.4) is 0 Å². The Bertz CT molecular complexity index is 549. The first kappa shape index (κ1) is 11.8. The minimum absolute atomic E-state index is 0.211.